The maximum Gasteiger partial charge on any atom is 0.223 e. The number of hydrogen-bond acceptors (Lipinski definition) is 6. The highest BCUT2D eigenvalue weighted by Gasteiger charge is 2.26. The number of imidazole rings is 1. The minimum Gasteiger partial charge on any atom is -0.493 e. The summed E-state index contributed by atoms with van der Waals surface area (Å²) in [6.07, 6.45) is 1.53. The number of halogens is 1. The van der Waals surface area contributed by atoms with Gasteiger partial charge < -0.3 is 29.4 Å². The van der Waals surface area contributed by atoms with Crippen LogP contribution in [0.3, 0.4) is 0 Å². The summed E-state index contributed by atoms with van der Waals surface area (Å²) < 4.78 is 16.1. The van der Waals surface area contributed by atoms with Crippen LogP contribution >= 0.6 is 11.6 Å². The van der Waals surface area contributed by atoms with Crippen LogP contribution in [0.1, 0.15) is 18.4 Å². The number of nitrogens with one attached hydrogen (secondary N) is 2. The number of amides is 1. The Balaban J connectivity index is 1.34. The first-order chi connectivity index (χ1) is 15.5. The van der Waals surface area contributed by atoms with E-state index in [1.807, 2.05) is 30.3 Å². The molecule has 1 aromatic heterocycles. The first kappa shape index (κ1) is 22.1. The molecule has 0 unspecified atom stereocenters. The number of fused-ring (bicyclic) bond motifs is 1. The van der Waals surface area contributed by atoms with Crippen LogP contribution in [-0.2, 0) is 11.3 Å². The second-order valence-electron chi connectivity index (χ2n) is 7.73. The van der Waals surface area contributed by atoms with E-state index in [1.54, 1.807) is 21.3 Å². The van der Waals surface area contributed by atoms with Crippen molar-refractivity contribution in [2.24, 2.45) is 5.92 Å². The predicted octanol–water partition coefficient (Wildman–Crippen LogP) is 3.77. The standard InChI is InChI=1S/C23H27ClN4O4/c1-30-19-10-14(11-20(31-2)21(19)32-3)13-25-22(29)15-6-8-28(9-7-15)23-26-17-5-4-16(24)12-18(17)27-23/h4-5,10-12,15H,6-9,13H2,1-3H3,(H,25,29)(H,26,27). The number of H-pyrrole nitrogens is 1. The van der Waals surface area contributed by atoms with Crippen molar-refractivity contribution < 1.29 is 19.0 Å². The van der Waals surface area contributed by atoms with E-state index in [0.717, 1.165) is 48.5 Å². The molecular weight excluding hydrogens is 432 g/mol. The quantitative estimate of drug-likeness (QED) is 0.560. The van der Waals surface area contributed by atoms with Crippen LogP contribution in [0, 0.1) is 5.92 Å². The van der Waals surface area contributed by atoms with Gasteiger partial charge in [0.25, 0.3) is 0 Å². The number of nitrogens with zero attached hydrogens (tertiary/aromatic N) is 2. The molecule has 170 valence electrons. The van der Waals surface area contributed by atoms with Gasteiger partial charge in [0.1, 0.15) is 0 Å². The average molecular weight is 459 g/mol. The molecular formula is C23H27ClN4O4. The lowest BCUT2D eigenvalue weighted by atomic mass is 9.96. The second kappa shape index (κ2) is 9.56. The molecule has 1 fully saturated rings. The lowest BCUT2D eigenvalue weighted by Gasteiger charge is -2.31. The fraction of sp³-hybridized carbons (Fsp3) is 0.391. The zero-order valence-electron chi connectivity index (χ0n) is 18.4. The normalized spacial score (nSPS) is 14.4. The number of aromatic amines is 1. The summed E-state index contributed by atoms with van der Waals surface area (Å²) in [6.45, 7) is 1.91. The molecule has 9 heteroatoms. The summed E-state index contributed by atoms with van der Waals surface area (Å²) in [5.74, 6) is 2.50. The van der Waals surface area contributed by atoms with E-state index in [-0.39, 0.29) is 11.8 Å². The summed E-state index contributed by atoms with van der Waals surface area (Å²) in [6, 6.07) is 9.30. The SMILES string of the molecule is COc1cc(CNC(=O)C2CCN(c3nc4ccc(Cl)cc4[nH]3)CC2)cc(OC)c1OC. The number of carbonyl (C=O) groups is 1. The van der Waals surface area contributed by atoms with E-state index in [4.69, 9.17) is 25.8 Å². The van der Waals surface area contributed by atoms with Gasteiger partial charge in [-0.25, -0.2) is 4.98 Å². The van der Waals surface area contributed by atoms with E-state index in [2.05, 4.69) is 20.2 Å². The lowest BCUT2D eigenvalue weighted by Crippen LogP contribution is -2.40. The fourth-order valence-electron chi connectivity index (χ4n) is 4.04. The third kappa shape index (κ3) is 4.55. The van der Waals surface area contributed by atoms with E-state index >= 15 is 0 Å². The number of anilines is 1. The second-order valence-corrected chi connectivity index (χ2v) is 8.17. The number of aromatic nitrogens is 2. The molecule has 1 saturated heterocycles. The van der Waals surface area contributed by atoms with Crippen molar-refractivity contribution in [2.75, 3.05) is 39.3 Å². The first-order valence-corrected chi connectivity index (χ1v) is 10.9. The third-order valence-corrected chi connectivity index (χ3v) is 6.02. The Bertz CT molecular complexity index is 1080. The van der Waals surface area contributed by atoms with Crippen molar-refractivity contribution >= 4 is 34.5 Å². The summed E-state index contributed by atoms with van der Waals surface area (Å²) in [7, 11) is 4.71. The number of carbonyl (C=O) groups excluding carboxylic acids is 1. The van der Waals surface area contributed by atoms with Crippen LogP contribution in [0.25, 0.3) is 11.0 Å². The third-order valence-electron chi connectivity index (χ3n) is 5.79. The Hall–Kier alpha value is -3.13. The molecule has 1 aliphatic heterocycles. The molecule has 2 N–H and O–H groups in total. The monoisotopic (exact) mass is 458 g/mol. The highest BCUT2D eigenvalue weighted by molar-refractivity contribution is 6.31. The van der Waals surface area contributed by atoms with Gasteiger partial charge in [-0.1, -0.05) is 11.6 Å². The largest absolute Gasteiger partial charge is 0.493 e. The number of rotatable bonds is 7. The topological polar surface area (TPSA) is 88.7 Å². The molecule has 0 radical (unpaired) electrons. The number of benzene rings is 2. The van der Waals surface area contributed by atoms with E-state index in [0.29, 0.717) is 28.8 Å². The van der Waals surface area contributed by atoms with Crippen LogP contribution in [0.15, 0.2) is 30.3 Å². The Morgan fingerprint density at radius 3 is 2.44 bits per heavy atom. The molecule has 4 rings (SSSR count). The number of ether oxygens (including phenoxy) is 3. The van der Waals surface area contributed by atoms with Gasteiger partial charge in [-0.2, -0.15) is 0 Å². The van der Waals surface area contributed by atoms with Crippen LogP contribution in [0.4, 0.5) is 5.95 Å². The van der Waals surface area contributed by atoms with Gasteiger partial charge in [0.05, 0.1) is 32.4 Å². The Morgan fingerprint density at radius 2 is 1.81 bits per heavy atom. The number of methoxy groups -OCH3 is 3. The molecule has 0 aliphatic carbocycles. The molecule has 0 saturated carbocycles. The van der Waals surface area contributed by atoms with Crippen molar-refractivity contribution in [3.63, 3.8) is 0 Å². The van der Waals surface area contributed by atoms with E-state index in [9.17, 15) is 4.79 Å². The Morgan fingerprint density at radius 1 is 1.12 bits per heavy atom. The zero-order valence-corrected chi connectivity index (χ0v) is 19.2. The number of piperidine rings is 1. The summed E-state index contributed by atoms with van der Waals surface area (Å²) in [4.78, 5) is 22.9. The molecule has 1 aliphatic rings. The fourth-order valence-corrected chi connectivity index (χ4v) is 4.21. The van der Waals surface area contributed by atoms with Gasteiger partial charge in [0.15, 0.2) is 11.5 Å². The number of hydrogen-bond donors (Lipinski definition) is 2. The molecule has 8 nitrogen and oxygen atoms in total. The minimum atomic E-state index is -0.0351. The zero-order chi connectivity index (χ0) is 22.7. The van der Waals surface area contributed by atoms with Gasteiger partial charge in [0.2, 0.25) is 17.6 Å². The molecule has 32 heavy (non-hydrogen) atoms. The smallest absolute Gasteiger partial charge is 0.223 e. The van der Waals surface area contributed by atoms with E-state index < -0.39 is 0 Å². The minimum absolute atomic E-state index is 0.0351. The lowest BCUT2D eigenvalue weighted by molar-refractivity contribution is -0.125. The van der Waals surface area contributed by atoms with Gasteiger partial charge in [0, 0.05) is 30.6 Å². The highest BCUT2D eigenvalue weighted by Crippen LogP contribution is 2.38. The Kier molecular flexibility index (Phi) is 6.60. The van der Waals surface area contributed by atoms with Crippen molar-refractivity contribution in [3.8, 4) is 17.2 Å². The van der Waals surface area contributed by atoms with Crippen molar-refractivity contribution in [1.29, 1.82) is 0 Å². The van der Waals surface area contributed by atoms with Crippen molar-refractivity contribution in [3.05, 3.63) is 40.9 Å². The van der Waals surface area contributed by atoms with Crippen molar-refractivity contribution in [1.82, 2.24) is 15.3 Å². The van der Waals surface area contributed by atoms with Crippen LogP contribution in [0.2, 0.25) is 5.02 Å². The molecule has 2 heterocycles. The summed E-state index contributed by atoms with van der Waals surface area (Å²) >= 11 is 6.06. The molecule has 0 atom stereocenters. The summed E-state index contributed by atoms with van der Waals surface area (Å²) in [5.41, 5.74) is 2.68. The van der Waals surface area contributed by atoms with Crippen molar-refractivity contribution in [2.45, 2.75) is 19.4 Å². The molecule has 1 amide bonds. The first-order valence-electron chi connectivity index (χ1n) is 10.5. The van der Waals surface area contributed by atoms with E-state index in [1.165, 1.54) is 0 Å². The van der Waals surface area contributed by atoms with Crippen LogP contribution in [0.5, 0.6) is 17.2 Å². The van der Waals surface area contributed by atoms with Crippen LogP contribution in [-0.4, -0.2) is 50.3 Å². The molecule has 0 bridgehead atoms. The summed E-state index contributed by atoms with van der Waals surface area (Å²) in [5, 5.41) is 3.72. The van der Waals surface area contributed by atoms with Crippen LogP contribution < -0.4 is 24.4 Å². The Labute approximate surface area is 191 Å². The van der Waals surface area contributed by atoms with Gasteiger partial charge in [-0.15, -0.1) is 0 Å². The maximum absolute atomic E-state index is 12.8. The molecule has 3 aromatic rings. The van der Waals surface area contributed by atoms with Gasteiger partial charge in [-0.3, -0.25) is 4.79 Å². The molecule has 0 spiro atoms. The highest BCUT2D eigenvalue weighted by atomic mass is 35.5. The average Bonchev–Trinajstić information content (AvgIpc) is 3.25. The predicted molar refractivity (Wildman–Crippen MR) is 124 cm³/mol. The maximum atomic E-state index is 12.8. The van der Waals surface area contributed by atoms with Gasteiger partial charge >= 0.3 is 0 Å². The molecule has 2 aromatic carbocycles. The van der Waals surface area contributed by atoms with Gasteiger partial charge in [-0.05, 0) is 48.7 Å².